The van der Waals surface area contributed by atoms with Crippen LogP contribution in [0.4, 0.5) is 0 Å². The molecule has 9 heteroatoms. The van der Waals surface area contributed by atoms with Crippen LogP contribution in [0.25, 0.3) is 0 Å². The fourth-order valence-electron chi connectivity index (χ4n) is 3.75. The Hall–Kier alpha value is -2.78. The molecule has 2 fully saturated rings. The molecule has 2 atom stereocenters. The number of morpholine rings is 1. The van der Waals surface area contributed by atoms with Crippen LogP contribution < -0.4 is 0 Å². The van der Waals surface area contributed by atoms with Crippen LogP contribution >= 0.6 is 0 Å². The van der Waals surface area contributed by atoms with Crippen molar-refractivity contribution >= 4 is 23.7 Å². The summed E-state index contributed by atoms with van der Waals surface area (Å²) in [6.07, 6.45) is 0.490. The summed E-state index contributed by atoms with van der Waals surface area (Å²) in [7, 11) is 0. The van der Waals surface area contributed by atoms with Crippen molar-refractivity contribution in [3.8, 4) is 0 Å². The predicted molar refractivity (Wildman–Crippen MR) is 94.1 cm³/mol. The molecule has 2 unspecified atom stereocenters. The summed E-state index contributed by atoms with van der Waals surface area (Å²) in [5.41, 5.74) is 0.701. The molecule has 1 N–H and O–H groups in total. The van der Waals surface area contributed by atoms with E-state index in [0.717, 1.165) is 12.8 Å². The van der Waals surface area contributed by atoms with Crippen LogP contribution in [0.1, 0.15) is 43.9 Å². The summed E-state index contributed by atoms with van der Waals surface area (Å²) in [6.45, 7) is 1.16. The molecule has 0 aromatic heterocycles. The van der Waals surface area contributed by atoms with Gasteiger partial charge in [-0.05, 0) is 31.0 Å². The summed E-state index contributed by atoms with van der Waals surface area (Å²) >= 11 is 0. The monoisotopic (exact) mass is 388 g/mol. The van der Waals surface area contributed by atoms with E-state index in [1.165, 1.54) is 28.0 Å². The van der Waals surface area contributed by atoms with Gasteiger partial charge in [0, 0.05) is 18.7 Å². The van der Waals surface area contributed by atoms with Crippen LogP contribution in [0.2, 0.25) is 0 Å². The second-order valence-electron chi connectivity index (χ2n) is 7.07. The lowest BCUT2D eigenvalue weighted by Crippen LogP contribution is -2.48. The van der Waals surface area contributed by atoms with Gasteiger partial charge < -0.3 is 19.5 Å². The molecule has 1 aromatic rings. The lowest BCUT2D eigenvalue weighted by atomic mass is 10.0. The Morgan fingerprint density at radius 3 is 2.61 bits per heavy atom. The number of ether oxygens (including phenoxy) is 2. The van der Waals surface area contributed by atoms with E-state index in [4.69, 9.17) is 14.6 Å². The van der Waals surface area contributed by atoms with Crippen molar-refractivity contribution in [2.45, 2.75) is 25.0 Å². The third-order valence-corrected chi connectivity index (χ3v) is 5.26. The molecule has 4 rings (SSSR count). The highest BCUT2D eigenvalue weighted by Gasteiger charge is 2.38. The van der Waals surface area contributed by atoms with Crippen molar-refractivity contribution in [2.24, 2.45) is 0 Å². The number of fused-ring (bicyclic) bond motifs is 1. The van der Waals surface area contributed by atoms with Crippen LogP contribution in [0.3, 0.4) is 0 Å². The highest BCUT2D eigenvalue weighted by Crippen LogP contribution is 2.26. The minimum Gasteiger partial charge on any atom is -0.479 e. The lowest BCUT2D eigenvalue weighted by Gasteiger charge is -2.31. The number of benzene rings is 1. The number of carboxylic acid groups (broad SMARTS) is 1. The smallest absolute Gasteiger partial charge is 0.334 e. The van der Waals surface area contributed by atoms with Gasteiger partial charge in [-0.1, -0.05) is 0 Å². The normalized spacial score (nSPS) is 24.6. The molecule has 3 heterocycles. The molecule has 0 radical (unpaired) electrons. The summed E-state index contributed by atoms with van der Waals surface area (Å²) in [5.74, 6) is -2.34. The zero-order valence-corrected chi connectivity index (χ0v) is 15.1. The molecule has 2 saturated heterocycles. The van der Waals surface area contributed by atoms with Crippen LogP contribution in [-0.2, 0) is 14.3 Å². The van der Waals surface area contributed by atoms with Crippen molar-refractivity contribution < 1.29 is 33.8 Å². The van der Waals surface area contributed by atoms with Crippen LogP contribution in [0.15, 0.2) is 18.2 Å². The second kappa shape index (κ2) is 7.33. The molecule has 148 valence electrons. The fourth-order valence-corrected chi connectivity index (χ4v) is 3.75. The third kappa shape index (κ3) is 3.27. The third-order valence-electron chi connectivity index (χ3n) is 5.26. The number of carbonyl (C=O) groups is 4. The fraction of sp³-hybridized carbons (Fsp3) is 0.474. The maximum Gasteiger partial charge on any atom is 0.334 e. The van der Waals surface area contributed by atoms with Gasteiger partial charge in [0.1, 0.15) is 0 Å². The van der Waals surface area contributed by atoms with Crippen molar-refractivity contribution in [1.29, 1.82) is 0 Å². The van der Waals surface area contributed by atoms with Gasteiger partial charge in [-0.2, -0.15) is 0 Å². The van der Waals surface area contributed by atoms with Gasteiger partial charge in [-0.3, -0.25) is 19.3 Å². The van der Waals surface area contributed by atoms with Crippen LogP contribution in [-0.4, -0.2) is 83.7 Å². The van der Waals surface area contributed by atoms with Crippen molar-refractivity contribution in [3.63, 3.8) is 0 Å². The molecule has 3 aliphatic heterocycles. The minimum absolute atomic E-state index is 0.0662. The maximum absolute atomic E-state index is 12.8. The second-order valence-corrected chi connectivity index (χ2v) is 7.07. The predicted octanol–water partition coefficient (Wildman–Crippen LogP) is 0.387. The summed E-state index contributed by atoms with van der Waals surface area (Å²) in [6, 6.07) is 4.39. The zero-order chi connectivity index (χ0) is 19.8. The maximum atomic E-state index is 12.8. The van der Waals surface area contributed by atoms with Gasteiger partial charge in [0.05, 0.1) is 36.9 Å². The van der Waals surface area contributed by atoms with Gasteiger partial charge in [0.25, 0.3) is 17.7 Å². The number of rotatable bonds is 4. The zero-order valence-electron chi connectivity index (χ0n) is 15.1. The number of carboxylic acids is 1. The van der Waals surface area contributed by atoms with E-state index in [1.54, 1.807) is 0 Å². The van der Waals surface area contributed by atoms with Crippen molar-refractivity contribution in [2.75, 3.05) is 32.8 Å². The number of nitrogens with zero attached hydrogens (tertiary/aromatic N) is 2. The van der Waals surface area contributed by atoms with E-state index in [1.807, 2.05) is 0 Å². The molecular formula is C19H20N2O7. The minimum atomic E-state index is -1.13. The number of carbonyl (C=O) groups excluding carboxylic acids is 3. The topological polar surface area (TPSA) is 113 Å². The number of hydrogen-bond donors (Lipinski definition) is 1. The van der Waals surface area contributed by atoms with E-state index < -0.39 is 23.9 Å². The van der Waals surface area contributed by atoms with Gasteiger partial charge in [-0.15, -0.1) is 0 Å². The largest absolute Gasteiger partial charge is 0.479 e. The molecule has 0 aliphatic carbocycles. The first-order valence-electron chi connectivity index (χ1n) is 9.21. The number of hydrogen-bond acceptors (Lipinski definition) is 6. The first-order valence-corrected chi connectivity index (χ1v) is 9.21. The Morgan fingerprint density at radius 1 is 1.11 bits per heavy atom. The Labute approximate surface area is 160 Å². The average Bonchev–Trinajstić information content (AvgIpc) is 3.30. The van der Waals surface area contributed by atoms with Crippen molar-refractivity contribution in [3.05, 3.63) is 34.9 Å². The quantitative estimate of drug-likeness (QED) is 0.742. The first-order chi connectivity index (χ1) is 13.5. The van der Waals surface area contributed by atoms with E-state index >= 15 is 0 Å². The van der Waals surface area contributed by atoms with Gasteiger partial charge in [-0.25, -0.2) is 4.79 Å². The van der Waals surface area contributed by atoms with Crippen LogP contribution in [0.5, 0.6) is 0 Å². The van der Waals surface area contributed by atoms with Gasteiger partial charge >= 0.3 is 5.97 Å². The first kappa shape index (κ1) is 18.6. The molecule has 3 amide bonds. The lowest BCUT2D eigenvalue weighted by molar-refractivity contribution is -0.154. The Morgan fingerprint density at radius 2 is 1.89 bits per heavy atom. The van der Waals surface area contributed by atoms with E-state index in [2.05, 4.69) is 0 Å². The standard InChI is InChI=1S/C19H20N2O7/c22-16(20-5-7-28-15(10-20)19(25)26)11-3-4-13-14(8-11)18(24)21(17(13)23)9-12-2-1-6-27-12/h3-4,8,12,15H,1-2,5-7,9-10H2,(H,25,26). The molecule has 3 aliphatic rings. The van der Waals surface area contributed by atoms with E-state index in [-0.39, 0.29) is 54.9 Å². The summed E-state index contributed by atoms with van der Waals surface area (Å²) in [5, 5.41) is 9.08. The molecule has 0 saturated carbocycles. The molecule has 0 bridgehead atoms. The highest BCUT2D eigenvalue weighted by atomic mass is 16.5. The van der Waals surface area contributed by atoms with E-state index in [9.17, 15) is 19.2 Å². The van der Waals surface area contributed by atoms with Crippen molar-refractivity contribution in [1.82, 2.24) is 9.80 Å². The Kier molecular flexibility index (Phi) is 4.86. The highest BCUT2D eigenvalue weighted by molar-refractivity contribution is 6.22. The molecule has 9 nitrogen and oxygen atoms in total. The molecular weight excluding hydrogens is 368 g/mol. The SMILES string of the molecule is O=C(O)C1CN(C(=O)c2ccc3c(c2)C(=O)N(CC2CCCO2)C3=O)CCO1. The Bertz CT molecular complexity index is 847. The van der Waals surface area contributed by atoms with Gasteiger partial charge in [0.2, 0.25) is 0 Å². The van der Waals surface area contributed by atoms with Gasteiger partial charge in [0.15, 0.2) is 6.10 Å². The van der Waals surface area contributed by atoms with Crippen LogP contribution in [0, 0.1) is 0 Å². The number of aliphatic carboxylic acids is 1. The Balaban J connectivity index is 1.52. The molecule has 1 aromatic carbocycles. The number of amides is 3. The molecule has 0 spiro atoms. The molecule has 28 heavy (non-hydrogen) atoms. The number of imide groups is 1. The van der Waals surface area contributed by atoms with E-state index in [0.29, 0.717) is 6.61 Å². The average molecular weight is 388 g/mol. The summed E-state index contributed by atoms with van der Waals surface area (Å²) in [4.78, 5) is 51.7. The summed E-state index contributed by atoms with van der Waals surface area (Å²) < 4.78 is 10.6.